The quantitative estimate of drug-likeness (QED) is 0.894. The summed E-state index contributed by atoms with van der Waals surface area (Å²) in [5.74, 6) is -3.98. The first-order chi connectivity index (χ1) is 8.97. The van der Waals surface area contributed by atoms with Crippen molar-refractivity contribution < 1.29 is 23.1 Å². The zero-order chi connectivity index (χ0) is 14.0. The second-order valence-corrected chi connectivity index (χ2v) is 3.75. The molecule has 0 aliphatic heterocycles. The highest BCUT2D eigenvalue weighted by Gasteiger charge is 2.14. The van der Waals surface area contributed by atoms with Crippen molar-refractivity contribution in [3.63, 3.8) is 0 Å². The lowest BCUT2D eigenvalue weighted by Crippen LogP contribution is -2.03. The Hall–Kier alpha value is -2.50. The number of carboxylic acids is 1. The average Bonchev–Trinajstić information content (AvgIpc) is 2.35. The van der Waals surface area contributed by atoms with Crippen molar-refractivity contribution in [1.82, 2.24) is 0 Å². The third kappa shape index (κ3) is 2.85. The molecule has 19 heavy (non-hydrogen) atoms. The van der Waals surface area contributed by atoms with E-state index in [1.54, 1.807) is 0 Å². The molecule has 0 spiro atoms. The molecule has 98 valence electrons. The maximum absolute atomic E-state index is 13.6. The molecule has 0 saturated heterocycles. The van der Waals surface area contributed by atoms with Crippen molar-refractivity contribution in [3.8, 4) is 0 Å². The Labute approximate surface area is 106 Å². The van der Waals surface area contributed by atoms with Crippen LogP contribution in [0.5, 0.6) is 0 Å². The molecule has 2 aromatic carbocycles. The third-order valence-electron chi connectivity index (χ3n) is 2.40. The number of hydrogen-bond acceptors (Lipinski definition) is 2. The van der Waals surface area contributed by atoms with Gasteiger partial charge in [-0.3, -0.25) is 0 Å². The predicted molar refractivity (Wildman–Crippen MR) is 63.0 cm³/mol. The van der Waals surface area contributed by atoms with E-state index in [0.717, 1.165) is 12.1 Å². The zero-order valence-corrected chi connectivity index (χ0v) is 9.45. The first-order valence-corrected chi connectivity index (χ1v) is 5.22. The molecule has 0 fully saturated rings. The molecule has 0 saturated carbocycles. The van der Waals surface area contributed by atoms with Crippen LogP contribution in [-0.4, -0.2) is 11.1 Å². The van der Waals surface area contributed by atoms with Crippen LogP contribution < -0.4 is 5.32 Å². The van der Waals surface area contributed by atoms with Crippen LogP contribution in [0.3, 0.4) is 0 Å². The summed E-state index contributed by atoms with van der Waals surface area (Å²) in [5, 5.41) is 11.1. The fraction of sp³-hybridized carbons (Fsp3) is 0. The van der Waals surface area contributed by atoms with E-state index >= 15 is 0 Å². The van der Waals surface area contributed by atoms with E-state index in [4.69, 9.17) is 5.11 Å². The lowest BCUT2D eigenvalue weighted by molar-refractivity contribution is 0.0696. The van der Waals surface area contributed by atoms with E-state index in [9.17, 15) is 18.0 Å². The highest BCUT2D eigenvalue weighted by Crippen LogP contribution is 2.25. The highest BCUT2D eigenvalue weighted by atomic mass is 19.1. The summed E-state index contributed by atoms with van der Waals surface area (Å²) in [6, 6.07) is 6.28. The van der Waals surface area contributed by atoms with Crippen molar-refractivity contribution in [3.05, 3.63) is 59.4 Å². The molecule has 0 atom stereocenters. The number of nitrogens with one attached hydrogen (secondary N) is 1. The smallest absolute Gasteiger partial charge is 0.335 e. The molecular formula is C13H8F3NO2. The lowest BCUT2D eigenvalue weighted by Gasteiger charge is -2.09. The number of hydrogen-bond donors (Lipinski definition) is 2. The van der Waals surface area contributed by atoms with Crippen LogP contribution in [0.15, 0.2) is 36.4 Å². The number of halogens is 3. The van der Waals surface area contributed by atoms with Gasteiger partial charge in [-0.25, -0.2) is 18.0 Å². The van der Waals surface area contributed by atoms with Gasteiger partial charge in [0.05, 0.1) is 5.56 Å². The van der Waals surface area contributed by atoms with Crippen molar-refractivity contribution in [1.29, 1.82) is 0 Å². The van der Waals surface area contributed by atoms with Crippen LogP contribution in [0, 0.1) is 17.5 Å². The fourth-order valence-electron chi connectivity index (χ4n) is 1.49. The minimum Gasteiger partial charge on any atom is -0.478 e. The van der Waals surface area contributed by atoms with Gasteiger partial charge in [0.2, 0.25) is 0 Å². The Morgan fingerprint density at radius 2 is 1.53 bits per heavy atom. The largest absolute Gasteiger partial charge is 0.478 e. The molecule has 2 aromatic rings. The number of carbonyl (C=O) groups is 1. The Morgan fingerprint density at radius 3 is 2.00 bits per heavy atom. The minimum absolute atomic E-state index is 0.280. The Kier molecular flexibility index (Phi) is 3.41. The highest BCUT2D eigenvalue weighted by molar-refractivity contribution is 5.88. The van der Waals surface area contributed by atoms with Gasteiger partial charge in [0, 0.05) is 5.69 Å². The normalized spacial score (nSPS) is 10.3. The minimum atomic E-state index is -1.42. The summed E-state index contributed by atoms with van der Waals surface area (Å²) >= 11 is 0. The van der Waals surface area contributed by atoms with Gasteiger partial charge in [0.1, 0.15) is 11.5 Å². The molecule has 6 heteroatoms. The first kappa shape index (κ1) is 12.9. The summed E-state index contributed by atoms with van der Waals surface area (Å²) in [6.45, 7) is 0. The number of anilines is 2. The Bertz CT molecular complexity index is 603. The Balaban J connectivity index is 2.35. The molecule has 0 aliphatic carbocycles. The van der Waals surface area contributed by atoms with Gasteiger partial charge in [-0.05, 0) is 36.4 Å². The van der Waals surface area contributed by atoms with Gasteiger partial charge >= 0.3 is 5.97 Å². The average molecular weight is 267 g/mol. The van der Waals surface area contributed by atoms with E-state index in [2.05, 4.69) is 5.32 Å². The van der Waals surface area contributed by atoms with Crippen molar-refractivity contribution in [2.75, 3.05) is 5.32 Å². The molecule has 0 amide bonds. The second-order valence-electron chi connectivity index (χ2n) is 3.75. The monoisotopic (exact) mass is 267 g/mol. The summed E-state index contributed by atoms with van der Waals surface area (Å²) in [4.78, 5) is 10.6. The predicted octanol–water partition coefficient (Wildman–Crippen LogP) is 3.55. The van der Waals surface area contributed by atoms with Crippen LogP contribution in [0.1, 0.15) is 10.4 Å². The molecule has 2 N–H and O–H groups in total. The summed E-state index contributed by atoms with van der Waals surface area (Å²) in [5.41, 5.74) is -0.696. The third-order valence-corrected chi connectivity index (χ3v) is 2.40. The van der Waals surface area contributed by atoms with Crippen LogP contribution in [0.4, 0.5) is 24.5 Å². The van der Waals surface area contributed by atoms with Crippen molar-refractivity contribution in [2.24, 2.45) is 0 Å². The van der Waals surface area contributed by atoms with Gasteiger partial charge < -0.3 is 10.4 Å². The van der Waals surface area contributed by atoms with Crippen LogP contribution >= 0.6 is 0 Å². The number of aromatic carboxylic acids is 1. The molecule has 0 unspecified atom stereocenters. The van der Waals surface area contributed by atoms with E-state index in [1.165, 1.54) is 12.1 Å². The van der Waals surface area contributed by atoms with Crippen molar-refractivity contribution >= 4 is 17.3 Å². The van der Waals surface area contributed by atoms with Crippen molar-refractivity contribution in [2.45, 2.75) is 0 Å². The number of benzene rings is 2. The van der Waals surface area contributed by atoms with Gasteiger partial charge in [0.15, 0.2) is 11.6 Å². The van der Waals surface area contributed by atoms with Gasteiger partial charge in [0.25, 0.3) is 0 Å². The SMILES string of the molecule is O=C(O)c1cc(F)c(Nc2ccc(F)cc2)c(F)c1. The summed E-state index contributed by atoms with van der Waals surface area (Å²) < 4.78 is 39.9. The van der Waals surface area contributed by atoms with Crippen LogP contribution in [-0.2, 0) is 0 Å². The maximum Gasteiger partial charge on any atom is 0.335 e. The molecule has 2 rings (SSSR count). The van der Waals surface area contributed by atoms with Gasteiger partial charge in [-0.1, -0.05) is 0 Å². The summed E-state index contributed by atoms with van der Waals surface area (Å²) in [6.07, 6.45) is 0. The number of carboxylic acid groups (broad SMARTS) is 1. The molecule has 0 aromatic heterocycles. The zero-order valence-electron chi connectivity index (χ0n) is 9.45. The topological polar surface area (TPSA) is 49.3 Å². The van der Waals surface area contributed by atoms with E-state index in [-0.39, 0.29) is 5.69 Å². The van der Waals surface area contributed by atoms with E-state index < -0.39 is 34.7 Å². The van der Waals surface area contributed by atoms with Crippen LogP contribution in [0.25, 0.3) is 0 Å². The van der Waals surface area contributed by atoms with E-state index in [1.807, 2.05) is 0 Å². The van der Waals surface area contributed by atoms with Gasteiger partial charge in [-0.15, -0.1) is 0 Å². The molecule has 0 heterocycles. The fourth-order valence-corrected chi connectivity index (χ4v) is 1.49. The Morgan fingerprint density at radius 1 is 1.00 bits per heavy atom. The lowest BCUT2D eigenvalue weighted by atomic mass is 10.2. The molecule has 0 bridgehead atoms. The first-order valence-electron chi connectivity index (χ1n) is 5.22. The molecule has 0 aliphatic rings. The van der Waals surface area contributed by atoms with Crippen LogP contribution in [0.2, 0.25) is 0 Å². The van der Waals surface area contributed by atoms with Gasteiger partial charge in [-0.2, -0.15) is 0 Å². The number of rotatable bonds is 3. The summed E-state index contributed by atoms with van der Waals surface area (Å²) in [7, 11) is 0. The second kappa shape index (κ2) is 5.01. The van der Waals surface area contributed by atoms with E-state index in [0.29, 0.717) is 12.1 Å². The molecule has 0 radical (unpaired) electrons. The standard InChI is InChI=1S/C13H8F3NO2/c14-8-1-3-9(4-2-8)17-12-10(15)5-7(13(18)19)6-11(12)16/h1-6,17H,(H,18,19). The molecule has 3 nitrogen and oxygen atoms in total. The molecular weight excluding hydrogens is 259 g/mol. The maximum atomic E-state index is 13.6.